The molecule has 2 nitrogen and oxygen atoms in total. The van der Waals surface area contributed by atoms with Crippen molar-refractivity contribution in [1.82, 2.24) is 0 Å². The highest BCUT2D eigenvalue weighted by atomic mass is 16.3. The van der Waals surface area contributed by atoms with Crippen molar-refractivity contribution in [2.24, 2.45) is 0 Å². The van der Waals surface area contributed by atoms with Crippen LogP contribution in [0.4, 0.5) is 17.1 Å². The third-order valence-electron chi connectivity index (χ3n) is 10.2. The quantitative estimate of drug-likeness (QED) is 0.161. The minimum atomic E-state index is -0.884. The normalized spacial score (nSPS) is 15.6. The van der Waals surface area contributed by atoms with Crippen molar-refractivity contribution in [3.05, 3.63) is 224 Å². The van der Waals surface area contributed by atoms with E-state index >= 15 is 0 Å². The van der Waals surface area contributed by atoms with Crippen LogP contribution in [-0.4, -0.2) is 0 Å². The van der Waals surface area contributed by atoms with Crippen molar-refractivity contribution in [2.75, 3.05) is 4.90 Å². The van der Waals surface area contributed by atoms with Crippen LogP contribution in [0.25, 0.3) is 88.0 Å². The first-order chi connectivity index (χ1) is 35.8. The van der Waals surface area contributed by atoms with Gasteiger partial charge in [0.15, 0.2) is 0 Å². The number of hydrogen-bond acceptors (Lipinski definition) is 2. The van der Waals surface area contributed by atoms with E-state index in [1.807, 2.05) is 78.9 Å². The van der Waals surface area contributed by atoms with Crippen molar-refractivity contribution in [1.29, 1.82) is 0 Å². The summed E-state index contributed by atoms with van der Waals surface area (Å²) < 4.78 is 162. The zero-order chi connectivity index (χ0) is 53.2. The summed E-state index contributed by atoms with van der Waals surface area (Å²) in [4.78, 5) is 1.14. The Bertz CT molecular complexity index is 4180. The number of anilines is 3. The summed E-state index contributed by atoms with van der Waals surface area (Å²) in [5.41, 5.74) is -0.753. The van der Waals surface area contributed by atoms with Crippen molar-refractivity contribution < 1.29 is 27.7 Å². The number of furan rings is 1. The van der Waals surface area contributed by atoms with Gasteiger partial charge >= 0.3 is 0 Å². The molecule has 0 aliphatic rings. The van der Waals surface area contributed by atoms with Gasteiger partial charge in [0.2, 0.25) is 0 Å². The molecule has 11 rings (SSSR count). The molecule has 1 heterocycles. The molecule has 0 fully saturated rings. The Balaban J connectivity index is 1.18. The molecule has 0 atom stereocenters. The van der Waals surface area contributed by atoms with E-state index in [1.54, 1.807) is 42.5 Å². The Labute approximate surface area is 361 Å². The summed E-state index contributed by atoms with van der Waals surface area (Å²) in [5.74, 6) is 0. The lowest BCUT2D eigenvalue weighted by molar-refractivity contribution is 0.672. The van der Waals surface area contributed by atoms with E-state index in [-0.39, 0.29) is 11.3 Å². The van der Waals surface area contributed by atoms with E-state index in [1.165, 1.54) is 0 Å². The number of fused-ring (bicyclic) bond motifs is 6. The highest BCUT2D eigenvalue weighted by Gasteiger charge is 2.21. The SMILES string of the molecule is [2H]c1c([2H])c([2H])c(-c2c([2H])c([2H])c(-c3c([2H])c([2H])c(N(c4c([2H])c([2H])c(-c5cccc(-c6cccc7ccccc67)c5)c([2H])c4[2H])c4cccc5oc6c7ccccc7ccc6c45)c([2H])c3[2H])c([2H])c2[2H])c([2H])c1[2H]. The lowest BCUT2D eigenvalue weighted by Gasteiger charge is -2.26. The Morgan fingerprint density at radius 1 is 0.379 bits per heavy atom. The number of rotatable bonds is 7. The fourth-order valence-electron chi connectivity index (χ4n) is 7.44. The van der Waals surface area contributed by atoms with Gasteiger partial charge in [0.25, 0.3) is 0 Å². The maximum atomic E-state index is 9.78. The molecule has 10 aromatic carbocycles. The van der Waals surface area contributed by atoms with Crippen molar-refractivity contribution in [3.8, 4) is 44.5 Å². The number of nitrogens with zero attached hydrogens (tertiary/aromatic N) is 1. The van der Waals surface area contributed by atoms with Crippen LogP contribution in [0.3, 0.4) is 0 Å². The lowest BCUT2D eigenvalue weighted by Crippen LogP contribution is -2.10. The fourth-order valence-corrected chi connectivity index (χ4v) is 7.44. The van der Waals surface area contributed by atoms with Crippen molar-refractivity contribution >= 4 is 60.5 Å². The van der Waals surface area contributed by atoms with E-state index in [2.05, 4.69) is 0 Å². The Morgan fingerprint density at radius 3 is 1.62 bits per heavy atom. The average Bonchev–Trinajstić information content (AvgIpc) is 3.83. The molecule has 1 aromatic heterocycles. The van der Waals surface area contributed by atoms with Gasteiger partial charge in [-0.15, -0.1) is 0 Å². The van der Waals surface area contributed by atoms with Crippen LogP contribution in [0.15, 0.2) is 228 Å². The van der Waals surface area contributed by atoms with Gasteiger partial charge in [-0.05, 0) is 109 Å². The molecule has 0 N–H and O–H groups in total. The Morgan fingerprint density at radius 2 is 0.914 bits per heavy atom. The molecule has 0 saturated heterocycles. The Hall–Kier alpha value is -7.68. The number of hydrogen-bond donors (Lipinski definition) is 0. The van der Waals surface area contributed by atoms with Gasteiger partial charge in [0, 0.05) is 22.1 Å². The molecule has 11 aromatic rings. The van der Waals surface area contributed by atoms with Gasteiger partial charge in [-0.2, -0.15) is 0 Å². The van der Waals surface area contributed by atoms with Crippen LogP contribution in [-0.2, 0) is 0 Å². The van der Waals surface area contributed by atoms with E-state index < -0.39 is 136 Å². The number of benzene rings is 10. The topological polar surface area (TPSA) is 16.4 Å². The molecule has 58 heavy (non-hydrogen) atoms. The van der Waals surface area contributed by atoms with Crippen LogP contribution >= 0.6 is 0 Å². The van der Waals surface area contributed by atoms with Crippen LogP contribution in [0.1, 0.15) is 23.3 Å². The summed E-state index contributed by atoms with van der Waals surface area (Å²) in [6, 6.07) is 24.0. The fraction of sp³-hybridized carbons (Fsp3) is 0. The maximum absolute atomic E-state index is 9.78. The second-order valence-corrected chi connectivity index (χ2v) is 13.6. The van der Waals surface area contributed by atoms with Crippen LogP contribution in [0.5, 0.6) is 0 Å². The minimum absolute atomic E-state index is 0.0421. The second-order valence-electron chi connectivity index (χ2n) is 13.6. The molecule has 0 bridgehead atoms. The summed E-state index contributed by atoms with van der Waals surface area (Å²) in [6.45, 7) is 0. The van der Waals surface area contributed by atoms with E-state index in [0.717, 1.165) is 37.6 Å². The highest BCUT2D eigenvalue weighted by molar-refractivity contribution is 6.19. The molecular formula is C56H37NO. The van der Waals surface area contributed by atoms with Gasteiger partial charge in [-0.25, -0.2) is 0 Å². The molecule has 0 saturated carbocycles. The van der Waals surface area contributed by atoms with Crippen LogP contribution < -0.4 is 4.90 Å². The van der Waals surface area contributed by atoms with Crippen molar-refractivity contribution in [3.63, 3.8) is 0 Å². The summed E-state index contributed by atoms with van der Waals surface area (Å²) in [7, 11) is 0. The van der Waals surface area contributed by atoms with E-state index in [0.29, 0.717) is 27.5 Å². The summed E-state index contributed by atoms with van der Waals surface area (Å²) >= 11 is 0. The van der Waals surface area contributed by atoms with Gasteiger partial charge in [0.1, 0.15) is 11.2 Å². The van der Waals surface area contributed by atoms with E-state index in [4.69, 9.17) is 16.8 Å². The predicted octanol–water partition coefficient (Wildman–Crippen LogP) is 16.0. The van der Waals surface area contributed by atoms with Gasteiger partial charge in [0.05, 0.1) is 34.4 Å². The molecule has 0 amide bonds. The third kappa shape index (κ3) is 5.91. The van der Waals surface area contributed by atoms with Crippen LogP contribution in [0.2, 0.25) is 0 Å². The molecule has 0 aliphatic heterocycles. The van der Waals surface area contributed by atoms with Crippen molar-refractivity contribution in [2.45, 2.75) is 0 Å². The monoisotopic (exact) mass is 756 g/mol. The van der Waals surface area contributed by atoms with E-state index in [9.17, 15) is 11.0 Å². The molecule has 272 valence electrons. The molecule has 0 aliphatic carbocycles. The molecule has 0 radical (unpaired) electrons. The molecular weight excluding hydrogens is 703 g/mol. The first-order valence-electron chi connectivity index (χ1n) is 27.0. The minimum Gasteiger partial charge on any atom is -0.455 e. The van der Waals surface area contributed by atoms with Crippen LogP contribution in [0, 0.1) is 0 Å². The molecule has 2 heteroatoms. The molecule has 0 unspecified atom stereocenters. The molecule has 0 spiro atoms. The van der Waals surface area contributed by atoms with Gasteiger partial charge < -0.3 is 9.32 Å². The highest BCUT2D eigenvalue weighted by Crippen LogP contribution is 2.45. The zero-order valence-electron chi connectivity index (χ0n) is 47.4. The van der Waals surface area contributed by atoms with Gasteiger partial charge in [-0.1, -0.05) is 176 Å². The Kier molecular flexibility index (Phi) is 4.98. The van der Waals surface area contributed by atoms with Gasteiger partial charge in [-0.3, -0.25) is 0 Å². The first-order valence-corrected chi connectivity index (χ1v) is 18.5. The first kappa shape index (κ1) is 20.5. The third-order valence-corrected chi connectivity index (χ3v) is 10.2. The lowest BCUT2D eigenvalue weighted by atomic mass is 9.95. The second kappa shape index (κ2) is 14.1. The zero-order valence-corrected chi connectivity index (χ0v) is 30.4. The maximum Gasteiger partial charge on any atom is 0.143 e. The summed E-state index contributed by atoms with van der Waals surface area (Å²) in [6.07, 6.45) is 0. The standard InChI is InChI=1S/C56H37NO/c1-2-11-38(12-3-1)39-23-25-40(26-24-39)41-27-32-47(33-28-41)57(53-21-10-22-54-55(53)52-36-31-44-14-5-7-19-51(44)56(52)58-54)48-34-29-42(30-35-48)45-16-8-17-46(37-45)50-20-9-15-43-13-4-6-18-49(43)50/h1-37H/i1D,2D,3D,11D,12D,23D,24D,25D,26D,27D,28D,29D,30D,32D,33D,34D,35D. The smallest absolute Gasteiger partial charge is 0.143 e. The average molecular weight is 757 g/mol. The largest absolute Gasteiger partial charge is 0.455 e. The summed E-state index contributed by atoms with van der Waals surface area (Å²) in [5, 5.41) is 4.47. The predicted molar refractivity (Wildman–Crippen MR) is 245 cm³/mol.